The maximum Gasteiger partial charge on any atom is 0.293 e. The van der Waals surface area contributed by atoms with E-state index in [2.05, 4.69) is 20.2 Å². The van der Waals surface area contributed by atoms with Gasteiger partial charge in [-0.1, -0.05) is 10.3 Å². The van der Waals surface area contributed by atoms with Gasteiger partial charge in [-0.15, -0.1) is 0 Å². The third-order valence-corrected chi connectivity index (χ3v) is 1.48. The molecule has 0 fully saturated rings. The lowest BCUT2D eigenvalue weighted by molar-refractivity contribution is 0.409. The van der Waals surface area contributed by atoms with Crippen LogP contribution in [-0.2, 0) is 6.54 Å². The quantitative estimate of drug-likeness (QED) is 0.421. The Morgan fingerprint density at radius 3 is 3.21 bits per heavy atom. The molecule has 0 aliphatic heterocycles. The molecule has 0 saturated carbocycles. The molecule has 2 rings (SSSR count). The largest absolute Gasteiger partial charge is 0.459 e. The minimum absolute atomic E-state index is 0.0701. The van der Waals surface area contributed by atoms with Crippen molar-refractivity contribution in [3.63, 3.8) is 0 Å². The van der Waals surface area contributed by atoms with Crippen molar-refractivity contribution in [1.29, 1.82) is 0 Å². The molecule has 7 heteroatoms. The second-order valence-corrected chi connectivity index (χ2v) is 2.38. The molecule has 0 atom stereocenters. The zero-order valence-corrected chi connectivity index (χ0v) is 6.99. The lowest BCUT2D eigenvalue weighted by Crippen LogP contribution is -1.82. The molecule has 0 bridgehead atoms. The molecule has 0 spiro atoms. The highest BCUT2D eigenvalue weighted by Crippen LogP contribution is 2.16. The van der Waals surface area contributed by atoms with Gasteiger partial charge in [0.15, 0.2) is 11.6 Å². The summed E-state index contributed by atoms with van der Waals surface area (Å²) in [4.78, 5) is 6.54. The molecule has 0 N–H and O–H groups in total. The molecule has 0 unspecified atom stereocenters. The van der Waals surface area contributed by atoms with Crippen molar-refractivity contribution in [3.05, 3.63) is 34.7 Å². The van der Waals surface area contributed by atoms with Crippen LogP contribution in [0, 0.1) is 0 Å². The van der Waals surface area contributed by atoms with Gasteiger partial charge in [-0.3, -0.25) is 0 Å². The molecule has 0 amide bonds. The van der Waals surface area contributed by atoms with Crippen molar-refractivity contribution in [3.8, 4) is 11.7 Å². The Morgan fingerprint density at radius 1 is 1.57 bits per heavy atom. The fraction of sp³-hybridized carbons (Fsp3) is 0.143. The summed E-state index contributed by atoms with van der Waals surface area (Å²) in [6.07, 6.45) is 1.51. The maximum absolute atomic E-state index is 8.07. The summed E-state index contributed by atoms with van der Waals surface area (Å²) < 4.78 is 9.91. The molecular weight excluding hydrogens is 186 g/mol. The number of hydrogen-bond donors (Lipinski definition) is 0. The van der Waals surface area contributed by atoms with E-state index in [1.54, 1.807) is 12.1 Å². The zero-order chi connectivity index (χ0) is 9.80. The van der Waals surface area contributed by atoms with Crippen LogP contribution >= 0.6 is 0 Å². The van der Waals surface area contributed by atoms with Gasteiger partial charge in [-0.05, 0) is 17.7 Å². The summed E-state index contributed by atoms with van der Waals surface area (Å²) in [7, 11) is 0. The van der Waals surface area contributed by atoms with Crippen molar-refractivity contribution in [1.82, 2.24) is 10.1 Å². The van der Waals surface area contributed by atoms with Crippen molar-refractivity contribution in [2.24, 2.45) is 5.11 Å². The Kier molecular flexibility index (Phi) is 2.16. The smallest absolute Gasteiger partial charge is 0.293 e. The van der Waals surface area contributed by atoms with Gasteiger partial charge in [0.2, 0.25) is 0 Å². The highest BCUT2D eigenvalue weighted by molar-refractivity contribution is 5.42. The normalized spacial score (nSPS) is 9.71. The van der Waals surface area contributed by atoms with Crippen LogP contribution in [0.4, 0.5) is 0 Å². The first-order chi connectivity index (χ1) is 6.90. The van der Waals surface area contributed by atoms with Crippen LogP contribution in [0.1, 0.15) is 5.82 Å². The number of hydrogen-bond acceptors (Lipinski definition) is 5. The van der Waals surface area contributed by atoms with Crippen molar-refractivity contribution in [2.45, 2.75) is 6.54 Å². The van der Waals surface area contributed by atoms with Crippen LogP contribution in [0.25, 0.3) is 22.1 Å². The van der Waals surface area contributed by atoms with Gasteiger partial charge in [0.25, 0.3) is 5.89 Å². The Morgan fingerprint density at radius 2 is 2.50 bits per heavy atom. The number of furan rings is 1. The van der Waals surface area contributed by atoms with E-state index in [1.165, 1.54) is 6.26 Å². The summed E-state index contributed by atoms with van der Waals surface area (Å²) in [6.45, 7) is 0.0701. The molecule has 0 saturated heterocycles. The van der Waals surface area contributed by atoms with Gasteiger partial charge < -0.3 is 8.94 Å². The molecule has 0 radical (unpaired) electrons. The average Bonchev–Trinajstić information content (AvgIpc) is 2.85. The van der Waals surface area contributed by atoms with Crippen LogP contribution < -0.4 is 0 Å². The third-order valence-electron chi connectivity index (χ3n) is 1.48. The van der Waals surface area contributed by atoms with E-state index in [-0.39, 0.29) is 12.4 Å². The van der Waals surface area contributed by atoms with E-state index in [4.69, 9.17) is 14.5 Å². The maximum atomic E-state index is 8.07. The van der Waals surface area contributed by atoms with Crippen molar-refractivity contribution < 1.29 is 8.94 Å². The minimum Gasteiger partial charge on any atom is -0.459 e. The molecule has 2 aromatic rings. The SMILES string of the molecule is [N-]=[N+]=NCc1noc(-c2ccco2)n1. The Balaban J connectivity index is 2.22. The summed E-state index contributed by atoms with van der Waals surface area (Å²) in [5, 5.41) is 6.90. The highest BCUT2D eigenvalue weighted by Gasteiger charge is 2.09. The van der Waals surface area contributed by atoms with Gasteiger partial charge in [-0.2, -0.15) is 4.98 Å². The minimum atomic E-state index is 0.0701. The van der Waals surface area contributed by atoms with E-state index in [0.29, 0.717) is 11.6 Å². The molecule has 0 aromatic carbocycles. The number of azide groups is 1. The number of nitrogens with zero attached hydrogens (tertiary/aromatic N) is 5. The predicted molar refractivity (Wildman–Crippen MR) is 44.9 cm³/mol. The molecular formula is C7H5N5O2. The topological polar surface area (TPSA) is 101 Å². The van der Waals surface area contributed by atoms with E-state index in [9.17, 15) is 0 Å². The first kappa shape index (κ1) is 8.33. The number of rotatable bonds is 3. The fourth-order valence-corrected chi connectivity index (χ4v) is 0.913. The Hall–Kier alpha value is -2.27. The number of aromatic nitrogens is 2. The van der Waals surface area contributed by atoms with Crippen LogP contribution in [-0.4, -0.2) is 10.1 Å². The average molecular weight is 191 g/mol. The van der Waals surface area contributed by atoms with E-state index >= 15 is 0 Å². The summed E-state index contributed by atoms with van der Waals surface area (Å²) in [5.41, 5.74) is 8.07. The molecule has 0 aliphatic rings. The zero-order valence-electron chi connectivity index (χ0n) is 6.99. The predicted octanol–water partition coefficient (Wildman–Crippen LogP) is 2.14. The molecule has 2 heterocycles. The molecule has 2 aromatic heterocycles. The fourth-order valence-electron chi connectivity index (χ4n) is 0.913. The van der Waals surface area contributed by atoms with Crippen LogP contribution in [0.3, 0.4) is 0 Å². The summed E-state index contributed by atoms with van der Waals surface area (Å²) >= 11 is 0. The van der Waals surface area contributed by atoms with Gasteiger partial charge >= 0.3 is 0 Å². The van der Waals surface area contributed by atoms with Gasteiger partial charge in [-0.25, -0.2) is 0 Å². The van der Waals surface area contributed by atoms with E-state index in [1.807, 2.05) is 0 Å². The molecule has 70 valence electrons. The van der Waals surface area contributed by atoms with Gasteiger partial charge in [0.05, 0.1) is 12.8 Å². The first-order valence-electron chi connectivity index (χ1n) is 3.77. The van der Waals surface area contributed by atoms with Crippen LogP contribution in [0.5, 0.6) is 0 Å². The Bertz CT molecular complexity index is 454. The second-order valence-electron chi connectivity index (χ2n) is 2.38. The van der Waals surface area contributed by atoms with Crippen LogP contribution in [0.15, 0.2) is 32.5 Å². The van der Waals surface area contributed by atoms with Crippen molar-refractivity contribution >= 4 is 0 Å². The van der Waals surface area contributed by atoms with E-state index < -0.39 is 0 Å². The van der Waals surface area contributed by atoms with E-state index in [0.717, 1.165) is 0 Å². The lowest BCUT2D eigenvalue weighted by atomic mass is 10.4. The lowest BCUT2D eigenvalue weighted by Gasteiger charge is -1.82. The van der Waals surface area contributed by atoms with Gasteiger partial charge in [0, 0.05) is 4.91 Å². The Labute approximate surface area is 78.0 Å². The molecule has 0 aliphatic carbocycles. The third kappa shape index (κ3) is 1.57. The van der Waals surface area contributed by atoms with Crippen LogP contribution in [0.2, 0.25) is 0 Å². The van der Waals surface area contributed by atoms with Crippen molar-refractivity contribution in [2.75, 3.05) is 0 Å². The summed E-state index contributed by atoms with van der Waals surface area (Å²) in [6, 6.07) is 3.41. The molecule has 7 nitrogen and oxygen atoms in total. The molecule has 14 heavy (non-hydrogen) atoms. The standard InChI is InChI=1S/C7H5N5O2/c8-12-9-4-6-10-7(14-11-6)5-2-1-3-13-5/h1-3H,4H2. The first-order valence-corrected chi connectivity index (χ1v) is 3.77. The highest BCUT2D eigenvalue weighted by atomic mass is 16.5. The monoisotopic (exact) mass is 191 g/mol. The van der Waals surface area contributed by atoms with Gasteiger partial charge in [0.1, 0.15) is 0 Å². The summed E-state index contributed by atoms with van der Waals surface area (Å²) in [5.74, 6) is 1.09. The second kappa shape index (κ2) is 3.63.